The second-order valence-electron chi connectivity index (χ2n) is 5.10. The van der Waals surface area contributed by atoms with E-state index in [0.29, 0.717) is 10.9 Å². The third-order valence-corrected chi connectivity index (χ3v) is 3.57. The molecule has 2 aromatic rings. The Balaban J connectivity index is 2.30. The number of benzene rings is 2. The highest BCUT2D eigenvalue weighted by molar-refractivity contribution is 9.10. The van der Waals surface area contributed by atoms with Gasteiger partial charge < -0.3 is 5.11 Å². The Morgan fingerprint density at radius 2 is 1.95 bits per heavy atom. The molecule has 0 spiro atoms. The fraction of sp³-hybridized carbons (Fsp3) is 0.250. The van der Waals surface area contributed by atoms with Gasteiger partial charge in [0.05, 0.1) is 5.60 Å². The monoisotopic (exact) mass is 322 g/mol. The van der Waals surface area contributed by atoms with Gasteiger partial charge in [-0.2, -0.15) is 0 Å². The summed E-state index contributed by atoms with van der Waals surface area (Å²) in [7, 11) is 0. The molecule has 1 unspecified atom stereocenters. The van der Waals surface area contributed by atoms with Crippen molar-refractivity contribution >= 4 is 15.9 Å². The minimum atomic E-state index is -1.01. The van der Waals surface area contributed by atoms with E-state index in [1.807, 2.05) is 37.3 Å². The standard InChI is InChI=1S/C16H16BrFO/c1-11-4-3-5-13(6-11)16(2,19)10-12-7-14(17)9-15(18)8-12/h3-9,19H,10H2,1-2H3. The number of hydrogen-bond donors (Lipinski definition) is 1. The molecule has 0 aliphatic carbocycles. The molecule has 0 saturated heterocycles. The first-order chi connectivity index (χ1) is 8.87. The Bertz CT molecular complexity index is 573. The van der Waals surface area contributed by atoms with Gasteiger partial charge in [-0.15, -0.1) is 0 Å². The van der Waals surface area contributed by atoms with Crippen LogP contribution in [0.3, 0.4) is 0 Å². The van der Waals surface area contributed by atoms with Crippen LogP contribution in [0.5, 0.6) is 0 Å². The lowest BCUT2D eigenvalue weighted by molar-refractivity contribution is 0.0575. The average molecular weight is 323 g/mol. The Morgan fingerprint density at radius 1 is 1.21 bits per heavy atom. The lowest BCUT2D eigenvalue weighted by Crippen LogP contribution is -2.24. The third-order valence-electron chi connectivity index (χ3n) is 3.11. The minimum Gasteiger partial charge on any atom is -0.385 e. The van der Waals surface area contributed by atoms with E-state index in [4.69, 9.17) is 0 Å². The summed E-state index contributed by atoms with van der Waals surface area (Å²) >= 11 is 3.27. The van der Waals surface area contributed by atoms with Gasteiger partial charge in [0.25, 0.3) is 0 Å². The molecule has 1 atom stereocenters. The summed E-state index contributed by atoms with van der Waals surface area (Å²) < 4.78 is 14.0. The average Bonchev–Trinajstić information content (AvgIpc) is 2.26. The molecule has 0 fully saturated rings. The zero-order chi connectivity index (χ0) is 14.0. The predicted molar refractivity (Wildman–Crippen MR) is 78.6 cm³/mol. The van der Waals surface area contributed by atoms with Gasteiger partial charge in [-0.3, -0.25) is 0 Å². The van der Waals surface area contributed by atoms with Gasteiger partial charge in [-0.05, 0) is 43.2 Å². The normalized spacial score (nSPS) is 14.2. The van der Waals surface area contributed by atoms with Crippen molar-refractivity contribution in [2.24, 2.45) is 0 Å². The maximum Gasteiger partial charge on any atom is 0.124 e. The van der Waals surface area contributed by atoms with Crippen molar-refractivity contribution in [1.82, 2.24) is 0 Å². The third kappa shape index (κ3) is 3.64. The zero-order valence-electron chi connectivity index (χ0n) is 11.0. The summed E-state index contributed by atoms with van der Waals surface area (Å²) in [5, 5.41) is 10.6. The van der Waals surface area contributed by atoms with Crippen molar-refractivity contribution in [3.05, 3.63) is 69.4 Å². The van der Waals surface area contributed by atoms with E-state index in [1.54, 1.807) is 6.92 Å². The molecule has 0 amide bonds. The molecule has 1 N–H and O–H groups in total. The maximum absolute atomic E-state index is 13.4. The van der Waals surface area contributed by atoms with Gasteiger partial charge in [0.2, 0.25) is 0 Å². The lowest BCUT2D eigenvalue weighted by Gasteiger charge is -2.24. The Morgan fingerprint density at radius 3 is 2.58 bits per heavy atom. The van der Waals surface area contributed by atoms with Crippen LogP contribution in [0.4, 0.5) is 4.39 Å². The first-order valence-electron chi connectivity index (χ1n) is 6.11. The first-order valence-corrected chi connectivity index (χ1v) is 6.91. The zero-order valence-corrected chi connectivity index (χ0v) is 12.5. The molecule has 0 heterocycles. The summed E-state index contributed by atoms with van der Waals surface area (Å²) in [5.41, 5.74) is 1.68. The summed E-state index contributed by atoms with van der Waals surface area (Å²) in [6.45, 7) is 3.74. The molecular formula is C16H16BrFO. The lowest BCUT2D eigenvalue weighted by atomic mass is 9.88. The van der Waals surface area contributed by atoms with E-state index in [-0.39, 0.29) is 5.82 Å². The second-order valence-corrected chi connectivity index (χ2v) is 6.01. The Hall–Kier alpha value is -1.19. The number of aliphatic hydroxyl groups is 1. The van der Waals surface area contributed by atoms with Crippen LogP contribution in [0.15, 0.2) is 46.9 Å². The van der Waals surface area contributed by atoms with Crippen molar-refractivity contribution in [2.45, 2.75) is 25.9 Å². The molecule has 100 valence electrons. The van der Waals surface area contributed by atoms with Crippen LogP contribution in [0, 0.1) is 12.7 Å². The van der Waals surface area contributed by atoms with E-state index in [2.05, 4.69) is 15.9 Å². The molecule has 0 radical (unpaired) electrons. The van der Waals surface area contributed by atoms with E-state index < -0.39 is 5.60 Å². The Kier molecular flexibility index (Phi) is 4.07. The summed E-state index contributed by atoms with van der Waals surface area (Å²) in [4.78, 5) is 0. The highest BCUT2D eigenvalue weighted by Crippen LogP contribution is 2.27. The maximum atomic E-state index is 13.4. The van der Waals surface area contributed by atoms with E-state index >= 15 is 0 Å². The van der Waals surface area contributed by atoms with Gasteiger partial charge in [0.1, 0.15) is 5.82 Å². The fourth-order valence-electron chi connectivity index (χ4n) is 2.19. The van der Waals surface area contributed by atoms with Crippen molar-refractivity contribution in [3.8, 4) is 0 Å². The van der Waals surface area contributed by atoms with Crippen LogP contribution < -0.4 is 0 Å². The Labute approximate surface area is 121 Å². The van der Waals surface area contributed by atoms with Crippen LogP contribution >= 0.6 is 15.9 Å². The van der Waals surface area contributed by atoms with Crippen molar-refractivity contribution in [2.75, 3.05) is 0 Å². The van der Waals surface area contributed by atoms with Crippen molar-refractivity contribution in [1.29, 1.82) is 0 Å². The number of hydrogen-bond acceptors (Lipinski definition) is 1. The summed E-state index contributed by atoms with van der Waals surface area (Å²) in [6.07, 6.45) is 0.368. The first kappa shape index (κ1) is 14.2. The molecule has 2 aromatic carbocycles. The van der Waals surface area contributed by atoms with Crippen molar-refractivity contribution in [3.63, 3.8) is 0 Å². The molecule has 0 saturated carbocycles. The molecule has 3 heteroatoms. The van der Waals surface area contributed by atoms with Crippen LogP contribution in [0.1, 0.15) is 23.6 Å². The highest BCUT2D eigenvalue weighted by Gasteiger charge is 2.24. The summed E-state index contributed by atoms with van der Waals surface area (Å²) in [6, 6.07) is 12.4. The van der Waals surface area contributed by atoms with Crippen molar-refractivity contribution < 1.29 is 9.50 Å². The van der Waals surface area contributed by atoms with Gasteiger partial charge in [-0.25, -0.2) is 4.39 Å². The van der Waals surface area contributed by atoms with Crippen LogP contribution in [-0.2, 0) is 12.0 Å². The SMILES string of the molecule is Cc1cccc(C(C)(O)Cc2cc(F)cc(Br)c2)c1. The molecule has 0 bridgehead atoms. The van der Waals surface area contributed by atoms with Crippen LogP contribution in [0.2, 0.25) is 0 Å². The minimum absolute atomic E-state index is 0.301. The van der Waals surface area contributed by atoms with E-state index in [9.17, 15) is 9.50 Å². The van der Waals surface area contributed by atoms with Gasteiger partial charge >= 0.3 is 0 Å². The molecule has 0 aliphatic heterocycles. The molecule has 1 nitrogen and oxygen atoms in total. The van der Waals surface area contributed by atoms with E-state index in [0.717, 1.165) is 16.7 Å². The smallest absolute Gasteiger partial charge is 0.124 e. The largest absolute Gasteiger partial charge is 0.385 e. The molecule has 19 heavy (non-hydrogen) atoms. The molecule has 2 rings (SSSR count). The highest BCUT2D eigenvalue weighted by atomic mass is 79.9. The quantitative estimate of drug-likeness (QED) is 0.890. The van der Waals surface area contributed by atoms with Crippen LogP contribution in [-0.4, -0.2) is 5.11 Å². The van der Waals surface area contributed by atoms with Gasteiger partial charge in [0, 0.05) is 10.9 Å². The number of halogens is 2. The van der Waals surface area contributed by atoms with Gasteiger partial charge in [0.15, 0.2) is 0 Å². The fourth-order valence-corrected chi connectivity index (χ4v) is 2.71. The molecule has 0 aliphatic rings. The second kappa shape index (κ2) is 5.43. The molecule has 0 aromatic heterocycles. The topological polar surface area (TPSA) is 20.2 Å². The summed E-state index contributed by atoms with van der Waals surface area (Å²) in [5.74, 6) is -0.301. The number of rotatable bonds is 3. The predicted octanol–water partition coefficient (Wildman–Crippen LogP) is 4.35. The van der Waals surface area contributed by atoms with Crippen LogP contribution in [0.25, 0.3) is 0 Å². The molecular weight excluding hydrogens is 307 g/mol. The number of aryl methyl sites for hydroxylation is 1. The van der Waals surface area contributed by atoms with E-state index in [1.165, 1.54) is 12.1 Å². The van der Waals surface area contributed by atoms with Gasteiger partial charge in [-0.1, -0.05) is 45.8 Å².